The fourth-order valence-electron chi connectivity index (χ4n) is 2.90. The number of nitrogens with zero attached hydrogens (tertiary/aromatic N) is 3. The highest BCUT2D eigenvalue weighted by Gasteiger charge is 2.19. The van der Waals surface area contributed by atoms with Crippen LogP contribution in [0.3, 0.4) is 0 Å². The zero-order chi connectivity index (χ0) is 15.0. The van der Waals surface area contributed by atoms with Crippen LogP contribution in [0.15, 0.2) is 48.8 Å². The normalized spacial score (nSPS) is 19.7. The van der Waals surface area contributed by atoms with Crippen LogP contribution in [0.25, 0.3) is 0 Å². The molecule has 22 heavy (non-hydrogen) atoms. The van der Waals surface area contributed by atoms with Crippen LogP contribution in [0.1, 0.15) is 11.4 Å². The van der Waals surface area contributed by atoms with Gasteiger partial charge in [-0.15, -0.1) is 0 Å². The Morgan fingerprint density at radius 2 is 1.91 bits per heavy atom. The first-order chi connectivity index (χ1) is 10.9. The van der Waals surface area contributed by atoms with Crippen LogP contribution in [-0.4, -0.2) is 47.7 Å². The minimum atomic E-state index is 0.473. The minimum Gasteiger partial charge on any atom is -0.380 e. The summed E-state index contributed by atoms with van der Waals surface area (Å²) in [5.41, 5.74) is 1.40. The minimum absolute atomic E-state index is 0.473. The molecule has 1 aliphatic heterocycles. The number of benzene rings is 1. The van der Waals surface area contributed by atoms with Crippen LogP contribution >= 0.6 is 0 Å². The number of aromatic nitrogens is 2. The van der Waals surface area contributed by atoms with Crippen molar-refractivity contribution >= 4 is 0 Å². The maximum atomic E-state index is 5.76. The second-order valence-corrected chi connectivity index (χ2v) is 5.85. The number of rotatable bonds is 5. The number of ether oxygens (including phenoxy) is 1. The molecule has 3 rings (SSSR count). The Hall–Kier alpha value is -1.78. The van der Waals surface area contributed by atoms with E-state index in [2.05, 4.69) is 45.2 Å². The standard InChI is InChI=1S/C18H23N3O/c1-2-5-16(6-3-1)7-10-21-11-12-22-15-17(14-21)13-18-19-8-4-9-20-18/h1-6,8-9,17H,7,10-15H2. The quantitative estimate of drug-likeness (QED) is 0.848. The summed E-state index contributed by atoms with van der Waals surface area (Å²) in [6.45, 7) is 4.78. The van der Waals surface area contributed by atoms with E-state index in [1.165, 1.54) is 5.56 Å². The lowest BCUT2D eigenvalue weighted by atomic mass is 10.1. The van der Waals surface area contributed by atoms with E-state index < -0.39 is 0 Å². The first-order valence-electron chi connectivity index (χ1n) is 8.00. The SMILES string of the molecule is c1ccc(CCN2CCOCC(Cc3ncccn3)C2)cc1. The van der Waals surface area contributed by atoms with Crippen LogP contribution in [-0.2, 0) is 17.6 Å². The maximum Gasteiger partial charge on any atom is 0.128 e. The molecule has 4 heteroatoms. The molecule has 1 saturated heterocycles. The fraction of sp³-hybridized carbons (Fsp3) is 0.444. The molecule has 2 aromatic rings. The summed E-state index contributed by atoms with van der Waals surface area (Å²) in [5.74, 6) is 1.39. The van der Waals surface area contributed by atoms with Crippen LogP contribution in [0.5, 0.6) is 0 Å². The Kier molecular flexibility index (Phi) is 5.51. The van der Waals surface area contributed by atoms with Crippen molar-refractivity contribution in [1.29, 1.82) is 0 Å². The Morgan fingerprint density at radius 3 is 2.73 bits per heavy atom. The van der Waals surface area contributed by atoms with Gasteiger partial charge in [0.25, 0.3) is 0 Å². The molecule has 1 fully saturated rings. The van der Waals surface area contributed by atoms with Gasteiger partial charge >= 0.3 is 0 Å². The van der Waals surface area contributed by atoms with Gasteiger partial charge in [-0.2, -0.15) is 0 Å². The van der Waals surface area contributed by atoms with Gasteiger partial charge in [0.2, 0.25) is 0 Å². The topological polar surface area (TPSA) is 38.2 Å². The second kappa shape index (κ2) is 8.01. The molecule has 1 aromatic carbocycles. The van der Waals surface area contributed by atoms with Crippen molar-refractivity contribution in [3.05, 3.63) is 60.2 Å². The molecule has 1 aliphatic rings. The van der Waals surface area contributed by atoms with Crippen molar-refractivity contribution in [1.82, 2.24) is 14.9 Å². The van der Waals surface area contributed by atoms with Gasteiger partial charge in [-0.25, -0.2) is 9.97 Å². The molecule has 0 N–H and O–H groups in total. The molecule has 4 nitrogen and oxygen atoms in total. The summed E-state index contributed by atoms with van der Waals surface area (Å²) >= 11 is 0. The maximum absolute atomic E-state index is 5.76. The Morgan fingerprint density at radius 1 is 1.09 bits per heavy atom. The molecule has 0 amide bonds. The molecule has 2 heterocycles. The van der Waals surface area contributed by atoms with Crippen molar-refractivity contribution in [2.24, 2.45) is 5.92 Å². The number of hydrogen-bond acceptors (Lipinski definition) is 4. The lowest BCUT2D eigenvalue weighted by Crippen LogP contribution is -2.32. The zero-order valence-corrected chi connectivity index (χ0v) is 12.9. The van der Waals surface area contributed by atoms with Crippen molar-refractivity contribution in [2.45, 2.75) is 12.8 Å². The van der Waals surface area contributed by atoms with E-state index in [1.807, 2.05) is 18.5 Å². The summed E-state index contributed by atoms with van der Waals surface area (Å²) in [4.78, 5) is 11.2. The average Bonchev–Trinajstić information content (AvgIpc) is 2.80. The summed E-state index contributed by atoms with van der Waals surface area (Å²) in [6, 6.07) is 12.5. The molecular weight excluding hydrogens is 274 g/mol. The largest absolute Gasteiger partial charge is 0.380 e. The highest BCUT2D eigenvalue weighted by molar-refractivity contribution is 5.14. The van der Waals surface area contributed by atoms with Gasteiger partial charge in [-0.1, -0.05) is 30.3 Å². The first kappa shape index (κ1) is 15.1. The molecule has 1 unspecified atom stereocenters. The van der Waals surface area contributed by atoms with Gasteiger partial charge in [-0.05, 0) is 18.1 Å². The predicted octanol–water partition coefficient (Wildman–Crippen LogP) is 2.21. The molecular formula is C18H23N3O. The van der Waals surface area contributed by atoms with Gasteiger partial charge in [0.15, 0.2) is 0 Å². The van der Waals surface area contributed by atoms with E-state index >= 15 is 0 Å². The van der Waals surface area contributed by atoms with Crippen LogP contribution < -0.4 is 0 Å². The summed E-state index contributed by atoms with van der Waals surface area (Å²) in [6.07, 6.45) is 5.61. The number of hydrogen-bond donors (Lipinski definition) is 0. The Balaban J connectivity index is 1.53. The molecule has 116 valence electrons. The summed E-state index contributed by atoms with van der Waals surface area (Å²) in [7, 11) is 0. The fourth-order valence-corrected chi connectivity index (χ4v) is 2.90. The van der Waals surface area contributed by atoms with Crippen LogP contribution in [0.4, 0.5) is 0 Å². The molecule has 0 saturated carbocycles. The van der Waals surface area contributed by atoms with Crippen molar-refractivity contribution < 1.29 is 4.74 Å². The van der Waals surface area contributed by atoms with E-state index in [0.29, 0.717) is 5.92 Å². The third-order valence-corrected chi connectivity index (χ3v) is 4.07. The van der Waals surface area contributed by atoms with E-state index in [4.69, 9.17) is 4.74 Å². The highest BCUT2D eigenvalue weighted by Crippen LogP contribution is 2.12. The second-order valence-electron chi connectivity index (χ2n) is 5.85. The van der Waals surface area contributed by atoms with Crippen molar-refractivity contribution in [3.8, 4) is 0 Å². The molecule has 0 aliphatic carbocycles. The molecule has 1 atom stereocenters. The average molecular weight is 297 g/mol. The molecule has 0 bridgehead atoms. The lowest BCUT2D eigenvalue weighted by molar-refractivity contribution is 0.121. The van der Waals surface area contributed by atoms with Crippen molar-refractivity contribution in [3.63, 3.8) is 0 Å². The van der Waals surface area contributed by atoms with E-state index in [-0.39, 0.29) is 0 Å². The van der Waals surface area contributed by atoms with E-state index in [1.54, 1.807) is 0 Å². The summed E-state index contributed by atoms with van der Waals surface area (Å²) in [5, 5.41) is 0. The van der Waals surface area contributed by atoms with Crippen molar-refractivity contribution in [2.75, 3.05) is 32.8 Å². The third kappa shape index (κ3) is 4.61. The molecule has 0 spiro atoms. The third-order valence-electron chi connectivity index (χ3n) is 4.07. The van der Waals surface area contributed by atoms with Crippen LogP contribution in [0, 0.1) is 5.92 Å². The highest BCUT2D eigenvalue weighted by atomic mass is 16.5. The first-order valence-corrected chi connectivity index (χ1v) is 8.00. The monoisotopic (exact) mass is 297 g/mol. The predicted molar refractivity (Wildman–Crippen MR) is 86.6 cm³/mol. The van der Waals surface area contributed by atoms with Gasteiger partial charge in [-0.3, -0.25) is 0 Å². The zero-order valence-electron chi connectivity index (χ0n) is 12.9. The van der Waals surface area contributed by atoms with E-state index in [0.717, 1.165) is 51.5 Å². The Bertz CT molecular complexity index is 547. The lowest BCUT2D eigenvalue weighted by Gasteiger charge is -2.23. The smallest absolute Gasteiger partial charge is 0.128 e. The summed E-state index contributed by atoms with van der Waals surface area (Å²) < 4.78 is 5.76. The van der Waals surface area contributed by atoms with Gasteiger partial charge in [0.05, 0.1) is 13.2 Å². The van der Waals surface area contributed by atoms with Gasteiger partial charge in [0, 0.05) is 44.4 Å². The Labute approximate surface area is 132 Å². The molecule has 1 aromatic heterocycles. The van der Waals surface area contributed by atoms with Crippen LogP contribution in [0.2, 0.25) is 0 Å². The van der Waals surface area contributed by atoms with E-state index in [9.17, 15) is 0 Å². The molecule has 0 radical (unpaired) electrons. The van der Waals surface area contributed by atoms with Gasteiger partial charge in [0.1, 0.15) is 5.82 Å². The van der Waals surface area contributed by atoms with Gasteiger partial charge < -0.3 is 9.64 Å².